The largest absolute Gasteiger partial charge is 0.496 e. The molecule has 5 saturated carbocycles. The summed E-state index contributed by atoms with van der Waals surface area (Å²) in [5.74, 6) is 2.21. The van der Waals surface area contributed by atoms with E-state index < -0.39 is 0 Å². The van der Waals surface area contributed by atoms with E-state index in [0.717, 1.165) is 54.9 Å². The lowest BCUT2D eigenvalue weighted by Crippen LogP contribution is -2.51. The molecule has 0 atom stereocenters. The molecule has 5 fully saturated rings. The van der Waals surface area contributed by atoms with Gasteiger partial charge in [-0.15, -0.1) is 0 Å². The van der Waals surface area contributed by atoms with E-state index >= 15 is 0 Å². The summed E-state index contributed by atoms with van der Waals surface area (Å²) in [6, 6.07) is 11.6. The molecule has 0 radical (unpaired) electrons. The van der Waals surface area contributed by atoms with Crippen molar-refractivity contribution in [2.24, 2.45) is 11.3 Å². The van der Waals surface area contributed by atoms with Gasteiger partial charge in [-0.25, -0.2) is 4.98 Å². The molecule has 8 rings (SSSR count). The molecule has 3 aromatic rings. The van der Waals surface area contributed by atoms with E-state index in [1.54, 1.807) is 7.11 Å². The Kier molecular flexibility index (Phi) is 6.91. The van der Waals surface area contributed by atoms with Gasteiger partial charge in [-0.05, 0) is 117 Å². The summed E-state index contributed by atoms with van der Waals surface area (Å²) in [5.41, 5.74) is 5.33. The quantitative estimate of drug-likeness (QED) is 0.286. The van der Waals surface area contributed by atoms with Crippen LogP contribution < -0.4 is 9.64 Å². The second-order valence-electron chi connectivity index (χ2n) is 13.6. The number of aromatic nitrogens is 3. The Hall–Kier alpha value is -3.15. The van der Waals surface area contributed by atoms with E-state index in [4.69, 9.17) is 9.72 Å². The number of rotatable bonds is 8. The number of carbonyl (C=O) groups excluding carboxylic acids is 1. The maximum Gasteiger partial charge on any atom is 0.231 e. The topological polar surface area (TPSA) is 60.2 Å². The van der Waals surface area contributed by atoms with Gasteiger partial charge in [-0.3, -0.25) is 14.4 Å². The van der Waals surface area contributed by atoms with E-state index in [9.17, 15) is 4.79 Å². The maximum atomic E-state index is 14.2. The number of hydrogen-bond acceptors (Lipinski definition) is 4. The molecule has 6 heteroatoms. The van der Waals surface area contributed by atoms with Gasteiger partial charge < -0.3 is 4.74 Å². The third-order valence-corrected chi connectivity index (χ3v) is 11.0. The van der Waals surface area contributed by atoms with Crippen LogP contribution in [0.25, 0.3) is 11.1 Å². The minimum Gasteiger partial charge on any atom is -0.496 e. The van der Waals surface area contributed by atoms with E-state index in [1.807, 2.05) is 12.4 Å². The molecular weight excluding hydrogens is 508 g/mol. The number of methoxy groups -OCH3 is 1. The van der Waals surface area contributed by atoms with Gasteiger partial charge in [0.05, 0.1) is 19.3 Å². The normalized spacial score (nSPS) is 26.2. The second kappa shape index (κ2) is 10.6. The van der Waals surface area contributed by atoms with Crippen molar-refractivity contribution in [1.82, 2.24) is 14.8 Å². The highest BCUT2D eigenvalue weighted by Gasteiger charge is 2.50. The molecular formula is C35H44N4O2. The maximum absolute atomic E-state index is 14.2. The van der Waals surface area contributed by atoms with E-state index in [0.29, 0.717) is 11.9 Å². The number of aryl methyl sites for hydroxylation is 1. The number of amides is 1. The zero-order valence-corrected chi connectivity index (χ0v) is 24.8. The van der Waals surface area contributed by atoms with Crippen molar-refractivity contribution in [2.45, 2.75) is 102 Å². The monoisotopic (exact) mass is 552 g/mol. The number of anilines is 1. The number of pyridine rings is 1. The van der Waals surface area contributed by atoms with E-state index in [1.165, 1.54) is 68.9 Å². The number of benzene rings is 1. The first-order valence-corrected chi connectivity index (χ1v) is 15.9. The highest BCUT2D eigenvalue weighted by atomic mass is 16.5. The van der Waals surface area contributed by atoms with Crippen molar-refractivity contribution in [3.05, 3.63) is 60.0 Å². The van der Waals surface area contributed by atoms with Crippen molar-refractivity contribution >= 4 is 11.7 Å². The summed E-state index contributed by atoms with van der Waals surface area (Å²) >= 11 is 0. The van der Waals surface area contributed by atoms with Crippen LogP contribution in [0.5, 0.6) is 5.75 Å². The molecule has 0 N–H and O–H groups in total. The molecule has 0 saturated heterocycles. The van der Waals surface area contributed by atoms with Crippen LogP contribution in [0.2, 0.25) is 0 Å². The molecule has 0 unspecified atom stereocenters. The Morgan fingerprint density at radius 3 is 2.41 bits per heavy atom. The fraction of sp³-hybridized carbons (Fsp3) is 0.571. The lowest BCUT2D eigenvalue weighted by Gasteiger charge is -2.55. The predicted molar refractivity (Wildman–Crippen MR) is 162 cm³/mol. The van der Waals surface area contributed by atoms with Gasteiger partial charge in [0.2, 0.25) is 5.91 Å². The van der Waals surface area contributed by atoms with Gasteiger partial charge in [0.25, 0.3) is 0 Å². The zero-order chi connectivity index (χ0) is 28.0. The molecule has 0 spiro atoms. The first-order valence-electron chi connectivity index (χ1n) is 15.9. The Bertz CT molecular complexity index is 1390. The molecule has 2 bridgehead atoms. The molecule has 5 aliphatic carbocycles. The number of hydrogen-bond donors (Lipinski definition) is 0. The Morgan fingerprint density at radius 1 is 0.976 bits per heavy atom. The van der Waals surface area contributed by atoms with Crippen molar-refractivity contribution in [3.8, 4) is 16.9 Å². The molecule has 216 valence electrons. The average molecular weight is 553 g/mol. The Labute approximate surface area is 244 Å². The van der Waals surface area contributed by atoms with Crippen molar-refractivity contribution in [1.29, 1.82) is 0 Å². The van der Waals surface area contributed by atoms with Gasteiger partial charge in [0, 0.05) is 30.4 Å². The third-order valence-electron chi connectivity index (χ3n) is 11.0. The highest BCUT2D eigenvalue weighted by Crippen LogP contribution is 2.58. The summed E-state index contributed by atoms with van der Waals surface area (Å²) in [4.78, 5) is 21.2. The van der Waals surface area contributed by atoms with Crippen LogP contribution in [0.1, 0.15) is 101 Å². The number of carbonyl (C=O) groups is 1. The van der Waals surface area contributed by atoms with Crippen LogP contribution in [-0.2, 0) is 10.2 Å². The van der Waals surface area contributed by atoms with Crippen LogP contribution in [-0.4, -0.2) is 34.3 Å². The smallest absolute Gasteiger partial charge is 0.231 e. The summed E-state index contributed by atoms with van der Waals surface area (Å²) in [7, 11) is 1.75. The molecule has 41 heavy (non-hydrogen) atoms. The minimum absolute atomic E-state index is 0.122. The molecule has 2 aromatic heterocycles. The van der Waals surface area contributed by atoms with Crippen molar-refractivity contribution in [3.63, 3.8) is 0 Å². The first-order chi connectivity index (χ1) is 20.0. The highest BCUT2D eigenvalue weighted by molar-refractivity contribution is 5.95. The molecule has 2 heterocycles. The predicted octanol–water partition coefficient (Wildman–Crippen LogP) is 7.80. The standard InChI is InChI=1S/C35H44N4O2/c1-25-20-29(8-11-31(25)41-2)35-16-13-34(14-17-35,15-18-35)24-38(33(40)26-6-4-3-5-7-26)32-21-27(12-19-36-32)28-22-37-39(23-28)30-9-10-30/h8,11-12,19-23,26,30H,3-7,9-10,13-18,24H2,1-2H3. The minimum atomic E-state index is 0.122. The number of ether oxygens (including phenoxy) is 1. The van der Waals surface area contributed by atoms with Crippen LogP contribution in [0.15, 0.2) is 48.9 Å². The van der Waals surface area contributed by atoms with Gasteiger partial charge in [0.1, 0.15) is 11.6 Å². The molecule has 5 aliphatic rings. The van der Waals surface area contributed by atoms with E-state index in [-0.39, 0.29) is 16.7 Å². The lowest BCUT2D eigenvalue weighted by molar-refractivity contribution is -0.124. The van der Waals surface area contributed by atoms with Crippen LogP contribution >= 0.6 is 0 Å². The van der Waals surface area contributed by atoms with Gasteiger partial charge in [0.15, 0.2) is 0 Å². The van der Waals surface area contributed by atoms with E-state index in [2.05, 4.69) is 58.1 Å². The zero-order valence-electron chi connectivity index (χ0n) is 24.8. The van der Waals surface area contributed by atoms with Gasteiger partial charge >= 0.3 is 0 Å². The van der Waals surface area contributed by atoms with Crippen molar-refractivity contribution < 1.29 is 9.53 Å². The number of fused-ring (bicyclic) bond motifs is 3. The summed E-state index contributed by atoms with van der Waals surface area (Å²) < 4.78 is 7.64. The SMILES string of the molecule is COc1ccc(C23CCC(CN(C(=O)C4CCCCC4)c4cc(-c5cnn(C6CC6)c5)ccn4)(CC2)CC3)cc1C. The summed E-state index contributed by atoms with van der Waals surface area (Å²) in [6.45, 7) is 2.94. The van der Waals surface area contributed by atoms with Crippen LogP contribution in [0.4, 0.5) is 5.82 Å². The molecule has 0 aliphatic heterocycles. The summed E-state index contributed by atoms with van der Waals surface area (Å²) in [5, 5.41) is 4.62. The average Bonchev–Trinajstić information content (AvgIpc) is 3.77. The fourth-order valence-corrected chi connectivity index (χ4v) is 8.09. The van der Waals surface area contributed by atoms with Crippen LogP contribution in [0.3, 0.4) is 0 Å². The third kappa shape index (κ3) is 5.08. The van der Waals surface area contributed by atoms with Gasteiger partial charge in [-0.2, -0.15) is 5.10 Å². The molecule has 6 nitrogen and oxygen atoms in total. The van der Waals surface area contributed by atoms with Crippen molar-refractivity contribution in [2.75, 3.05) is 18.6 Å². The fourth-order valence-electron chi connectivity index (χ4n) is 8.09. The Balaban J connectivity index is 1.15. The molecule has 1 amide bonds. The lowest BCUT2D eigenvalue weighted by atomic mass is 9.51. The molecule has 1 aromatic carbocycles. The Morgan fingerprint density at radius 2 is 1.73 bits per heavy atom. The first kappa shape index (κ1) is 26.7. The van der Waals surface area contributed by atoms with Gasteiger partial charge in [-0.1, -0.05) is 31.4 Å². The summed E-state index contributed by atoms with van der Waals surface area (Å²) in [6.07, 6.45) is 21.1. The second-order valence-corrected chi connectivity index (χ2v) is 13.6. The van der Waals surface area contributed by atoms with Crippen LogP contribution in [0, 0.1) is 18.3 Å². The number of nitrogens with zero attached hydrogens (tertiary/aromatic N) is 4.